The molecule has 0 aromatic carbocycles. The van der Waals surface area contributed by atoms with E-state index in [-0.39, 0.29) is 17.5 Å². The molecule has 4 fully saturated rings. The van der Waals surface area contributed by atoms with Crippen LogP contribution < -0.4 is 0 Å². The van der Waals surface area contributed by atoms with Crippen LogP contribution in [0.4, 0.5) is 0 Å². The SMILES string of the molecule is CC(=O)O[C@H]1CC[C@@]2(C)[C@@H]3CC[C@@]4(C)[C@H]5[C@@H](C)[C@H](C)CC[C@]5(C)CC[C@@]4(C)C3=CC[C@@H]2C1(C)C. The van der Waals surface area contributed by atoms with Crippen LogP contribution >= 0.6 is 0 Å². The zero-order valence-electron chi connectivity index (χ0n) is 23.7. The second-order valence-corrected chi connectivity index (χ2v) is 15.3. The van der Waals surface area contributed by atoms with Gasteiger partial charge in [0.1, 0.15) is 6.10 Å². The van der Waals surface area contributed by atoms with Crippen LogP contribution in [0.5, 0.6) is 0 Å². The Hall–Kier alpha value is -0.790. The van der Waals surface area contributed by atoms with Crippen molar-refractivity contribution in [2.24, 2.45) is 56.7 Å². The van der Waals surface area contributed by atoms with Crippen LogP contribution in [-0.2, 0) is 9.53 Å². The van der Waals surface area contributed by atoms with Gasteiger partial charge in [-0.2, -0.15) is 0 Å². The maximum atomic E-state index is 11.9. The molecule has 192 valence electrons. The highest BCUT2D eigenvalue weighted by atomic mass is 16.5. The van der Waals surface area contributed by atoms with Crippen molar-refractivity contribution < 1.29 is 9.53 Å². The lowest BCUT2D eigenvalue weighted by molar-refractivity contribution is -0.193. The van der Waals surface area contributed by atoms with Crippen molar-refractivity contribution in [3.05, 3.63) is 11.6 Å². The number of allylic oxidation sites excluding steroid dienone is 2. The highest BCUT2D eigenvalue weighted by Gasteiger charge is 2.68. The summed E-state index contributed by atoms with van der Waals surface area (Å²) in [6, 6.07) is 0. The second kappa shape index (κ2) is 7.61. The van der Waals surface area contributed by atoms with Gasteiger partial charge in [0.25, 0.3) is 0 Å². The van der Waals surface area contributed by atoms with E-state index in [1.807, 2.05) is 5.57 Å². The lowest BCUT2D eigenvalue weighted by atomic mass is 9.33. The van der Waals surface area contributed by atoms with E-state index >= 15 is 0 Å². The van der Waals surface area contributed by atoms with Crippen molar-refractivity contribution >= 4 is 5.97 Å². The minimum absolute atomic E-state index is 0.0286. The molecule has 5 aliphatic carbocycles. The van der Waals surface area contributed by atoms with Gasteiger partial charge in [-0.25, -0.2) is 0 Å². The normalized spacial score (nSPS) is 54.0. The Kier molecular flexibility index (Phi) is 5.57. The van der Waals surface area contributed by atoms with Crippen molar-refractivity contribution in [1.29, 1.82) is 0 Å². The fourth-order valence-electron chi connectivity index (χ4n) is 11.4. The number of hydrogen-bond acceptors (Lipinski definition) is 2. The van der Waals surface area contributed by atoms with Gasteiger partial charge in [0, 0.05) is 12.3 Å². The second-order valence-electron chi connectivity index (χ2n) is 15.3. The van der Waals surface area contributed by atoms with Crippen LogP contribution in [0.3, 0.4) is 0 Å². The monoisotopic (exact) mass is 468 g/mol. The van der Waals surface area contributed by atoms with Crippen molar-refractivity contribution in [3.63, 3.8) is 0 Å². The van der Waals surface area contributed by atoms with Gasteiger partial charge >= 0.3 is 5.97 Å². The minimum atomic E-state index is -0.115. The van der Waals surface area contributed by atoms with Gasteiger partial charge in [0.2, 0.25) is 0 Å². The topological polar surface area (TPSA) is 26.3 Å². The number of hydrogen-bond donors (Lipinski definition) is 0. The third-order valence-electron chi connectivity index (χ3n) is 13.6. The maximum Gasteiger partial charge on any atom is 0.302 e. The molecule has 0 bridgehead atoms. The summed E-state index contributed by atoms with van der Waals surface area (Å²) in [5.74, 6) is 3.69. The third kappa shape index (κ3) is 3.08. The standard InChI is InChI=1S/C32H52O2/c1-20-12-15-29(6)18-19-31(8)24-10-11-25-28(4,5)26(34-22(3)33)14-16-30(25,7)23(24)13-17-32(31,9)27(29)21(20)2/h10,20-21,23,25-27H,11-19H2,1-9H3/t20-,21+,23-,25-,26+,27+,29-,30+,31+,32+/m1/s1. The smallest absolute Gasteiger partial charge is 0.302 e. The molecule has 0 aromatic heterocycles. The summed E-state index contributed by atoms with van der Waals surface area (Å²) in [7, 11) is 0. The summed E-state index contributed by atoms with van der Waals surface area (Å²) >= 11 is 0. The van der Waals surface area contributed by atoms with Crippen LogP contribution in [-0.4, -0.2) is 12.1 Å². The third-order valence-corrected chi connectivity index (χ3v) is 13.6. The fourth-order valence-corrected chi connectivity index (χ4v) is 11.4. The number of esters is 1. The summed E-state index contributed by atoms with van der Waals surface area (Å²) < 4.78 is 5.89. The highest BCUT2D eigenvalue weighted by Crippen LogP contribution is 2.75. The number of rotatable bonds is 1. The van der Waals surface area contributed by atoms with Crippen molar-refractivity contribution in [3.8, 4) is 0 Å². The first-order chi connectivity index (χ1) is 15.7. The molecule has 5 aliphatic rings. The largest absolute Gasteiger partial charge is 0.462 e. The predicted molar refractivity (Wildman–Crippen MR) is 140 cm³/mol. The van der Waals surface area contributed by atoms with Crippen LogP contribution in [0.1, 0.15) is 120 Å². The molecule has 0 spiro atoms. The van der Waals surface area contributed by atoms with Crippen LogP contribution in [0, 0.1) is 56.7 Å². The van der Waals surface area contributed by atoms with Crippen molar-refractivity contribution in [2.45, 2.75) is 126 Å². The van der Waals surface area contributed by atoms with Gasteiger partial charge < -0.3 is 4.74 Å². The number of carbonyl (C=O) groups is 1. The molecule has 10 atom stereocenters. The lowest BCUT2D eigenvalue weighted by Gasteiger charge is -2.71. The molecule has 0 unspecified atom stereocenters. The summed E-state index contributed by atoms with van der Waals surface area (Å²) in [4.78, 5) is 11.9. The quantitative estimate of drug-likeness (QED) is 0.284. The van der Waals surface area contributed by atoms with Crippen LogP contribution in [0.15, 0.2) is 11.6 Å². The van der Waals surface area contributed by atoms with Gasteiger partial charge in [0.05, 0.1) is 0 Å². The van der Waals surface area contributed by atoms with E-state index in [0.717, 1.165) is 30.6 Å². The molecule has 2 nitrogen and oxygen atoms in total. The van der Waals surface area contributed by atoms with Gasteiger partial charge in [-0.15, -0.1) is 0 Å². The minimum Gasteiger partial charge on any atom is -0.462 e. The number of ether oxygens (including phenoxy) is 1. The van der Waals surface area contributed by atoms with Gasteiger partial charge in [-0.3, -0.25) is 4.79 Å². The summed E-state index contributed by atoms with van der Waals surface area (Å²) in [6.07, 6.45) is 14.5. The van der Waals surface area contributed by atoms with E-state index < -0.39 is 0 Å². The lowest BCUT2D eigenvalue weighted by Crippen LogP contribution is -2.64. The summed E-state index contributed by atoms with van der Waals surface area (Å²) in [5, 5.41) is 0. The maximum absolute atomic E-state index is 11.9. The Morgan fingerprint density at radius 2 is 1.62 bits per heavy atom. The molecule has 0 aliphatic heterocycles. The molecule has 0 aromatic rings. The molecule has 0 heterocycles. The summed E-state index contributed by atoms with van der Waals surface area (Å²) in [5.41, 5.74) is 3.45. The first kappa shape index (κ1) is 24.9. The molecule has 0 amide bonds. The van der Waals surface area contributed by atoms with E-state index in [0.29, 0.717) is 33.5 Å². The zero-order valence-corrected chi connectivity index (χ0v) is 23.7. The predicted octanol–water partition coefficient (Wildman–Crippen LogP) is 8.60. The van der Waals surface area contributed by atoms with Gasteiger partial charge in [-0.05, 0) is 109 Å². The van der Waals surface area contributed by atoms with E-state index in [2.05, 4.69) is 61.5 Å². The van der Waals surface area contributed by atoms with E-state index in [1.165, 1.54) is 44.9 Å². The Labute approximate surface area is 210 Å². The highest BCUT2D eigenvalue weighted by molar-refractivity contribution is 5.66. The first-order valence-corrected chi connectivity index (χ1v) is 14.6. The number of fused-ring (bicyclic) bond motifs is 7. The average Bonchev–Trinajstić information content (AvgIpc) is 2.74. The Morgan fingerprint density at radius 3 is 2.29 bits per heavy atom. The Bertz CT molecular complexity index is 885. The van der Waals surface area contributed by atoms with Crippen molar-refractivity contribution in [1.82, 2.24) is 0 Å². The molecule has 5 rings (SSSR count). The van der Waals surface area contributed by atoms with Crippen LogP contribution in [0.25, 0.3) is 0 Å². The summed E-state index contributed by atoms with van der Waals surface area (Å²) in [6.45, 7) is 22.2. The first-order valence-electron chi connectivity index (χ1n) is 14.6. The number of carbonyl (C=O) groups excluding carboxylic acids is 1. The molecule has 2 heteroatoms. The van der Waals surface area contributed by atoms with E-state index in [1.54, 1.807) is 6.92 Å². The molecule has 0 N–H and O–H groups in total. The molecule has 4 saturated carbocycles. The molecule has 0 saturated heterocycles. The average molecular weight is 469 g/mol. The van der Waals surface area contributed by atoms with E-state index in [9.17, 15) is 4.79 Å². The van der Waals surface area contributed by atoms with Gasteiger partial charge in [0.15, 0.2) is 0 Å². The molecule has 34 heavy (non-hydrogen) atoms. The Balaban J connectivity index is 1.54. The Morgan fingerprint density at radius 1 is 0.912 bits per heavy atom. The molecular formula is C32H52O2. The molecular weight excluding hydrogens is 416 g/mol. The van der Waals surface area contributed by atoms with Crippen LogP contribution in [0.2, 0.25) is 0 Å². The zero-order chi connectivity index (χ0) is 24.9. The fraction of sp³-hybridized carbons (Fsp3) is 0.906. The van der Waals surface area contributed by atoms with E-state index in [4.69, 9.17) is 4.74 Å². The van der Waals surface area contributed by atoms with Crippen molar-refractivity contribution in [2.75, 3.05) is 0 Å². The molecule has 0 radical (unpaired) electrons. The van der Waals surface area contributed by atoms with Gasteiger partial charge in [-0.1, -0.05) is 67.0 Å².